The van der Waals surface area contributed by atoms with Gasteiger partial charge in [-0.05, 0) is 25.8 Å². The number of hydrogen-bond acceptors (Lipinski definition) is 6. The zero-order valence-corrected chi connectivity index (χ0v) is 17.9. The van der Waals surface area contributed by atoms with Crippen LogP contribution in [-0.2, 0) is 4.79 Å². The molecule has 0 spiro atoms. The van der Waals surface area contributed by atoms with Gasteiger partial charge in [0.1, 0.15) is 4.88 Å². The Hall–Kier alpha value is -3.32. The summed E-state index contributed by atoms with van der Waals surface area (Å²) in [4.78, 5) is 22.6. The van der Waals surface area contributed by atoms with Gasteiger partial charge in [0, 0.05) is 5.56 Å². The summed E-state index contributed by atoms with van der Waals surface area (Å²) in [6.07, 6.45) is 0.705. The van der Waals surface area contributed by atoms with Crippen molar-refractivity contribution in [1.82, 2.24) is 15.1 Å². The summed E-state index contributed by atoms with van der Waals surface area (Å²) in [7, 11) is 0. The third-order valence-corrected chi connectivity index (χ3v) is 5.94. The summed E-state index contributed by atoms with van der Waals surface area (Å²) in [5.41, 5.74) is 3.79. The first-order chi connectivity index (χ1) is 14.5. The van der Waals surface area contributed by atoms with E-state index in [9.17, 15) is 4.79 Å². The van der Waals surface area contributed by atoms with Gasteiger partial charge in [0.05, 0.1) is 11.6 Å². The molecule has 1 amide bonds. The van der Waals surface area contributed by atoms with Crippen molar-refractivity contribution in [2.24, 2.45) is 0 Å². The first-order valence-electron chi connectivity index (χ1n) is 9.79. The molecule has 7 heteroatoms. The Bertz CT molecular complexity index is 1150. The number of carbonyl (C=O) groups excluding carboxylic acids is 1. The van der Waals surface area contributed by atoms with E-state index in [1.165, 1.54) is 16.9 Å². The lowest BCUT2D eigenvalue weighted by molar-refractivity contribution is -0.117. The van der Waals surface area contributed by atoms with Crippen LogP contribution in [0.1, 0.15) is 36.1 Å². The van der Waals surface area contributed by atoms with Crippen LogP contribution in [0.15, 0.2) is 59.1 Å². The van der Waals surface area contributed by atoms with Gasteiger partial charge in [-0.1, -0.05) is 83.6 Å². The number of aryl methyl sites for hydroxylation is 2. The van der Waals surface area contributed by atoms with Crippen molar-refractivity contribution < 1.29 is 9.32 Å². The summed E-state index contributed by atoms with van der Waals surface area (Å²) in [6.45, 7) is 5.90. The molecule has 0 saturated heterocycles. The van der Waals surface area contributed by atoms with Gasteiger partial charge in [-0.15, -0.1) is 0 Å². The third kappa shape index (κ3) is 4.16. The number of anilines is 1. The minimum atomic E-state index is -0.226. The lowest BCUT2D eigenvalue weighted by Gasteiger charge is -2.13. The van der Waals surface area contributed by atoms with Crippen molar-refractivity contribution in [3.05, 3.63) is 71.4 Å². The molecule has 2 heterocycles. The number of nitrogens with zero attached hydrogens (tertiary/aromatic N) is 3. The summed E-state index contributed by atoms with van der Waals surface area (Å²) in [5, 5.41) is 7.56. The Labute approximate surface area is 179 Å². The number of nitrogens with one attached hydrogen (secondary N) is 1. The average molecular weight is 419 g/mol. The molecule has 4 rings (SSSR count). The highest BCUT2D eigenvalue weighted by Crippen LogP contribution is 2.33. The van der Waals surface area contributed by atoms with Crippen LogP contribution in [0.3, 0.4) is 0 Å². The molecule has 152 valence electrons. The van der Waals surface area contributed by atoms with Gasteiger partial charge < -0.3 is 9.84 Å². The highest BCUT2D eigenvalue weighted by molar-refractivity contribution is 7.19. The van der Waals surface area contributed by atoms with Crippen LogP contribution in [0.2, 0.25) is 0 Å². The minimum absolute atomic E-state index is 0.0742. The molecule has 1 N–H and O–H groups in total. The van der Waals surface area contributed by atoms with Crippen LogP contribution < -0.4 is 5.32 Å². The third-order valence-electron chi connectivity index (χ3n) is 4.88. The fourth-order valence-corrected chi connectivity index (χ4v) is 4.13. The number of amides is 1. The summed E-state index contributed by atoms with van der Waals surface area (Å²) >= 11 is 1.34. The second-order valence-corrected chi connectivity index (χ2v) is 8.08. The molecule has 0 bridgehead atoms. The Balaban J connectivity index is 1.54. The Morgan fingerprint density at radius 1 is 1.07 bits per heavy atom. The Kier molecular flexibility index (Phi) is 5.72. The van der Waals surface area contributed by atoms with E-state index in [0.717, 1.165) is 21.7 Å². The van der Waals surface area contributed by atoms with Crippen LogP contribution in [0.25, 0.3) is 22.2 Å². The lowest BCUT2D eigenvalue weighted by atomic mass is 9.96. The number of benzene rings is 2. The van der Waals surface area contributed by atoms with Crippen LogP contribution in [0, 0.1) is 13.8 Å². The second-order valence-electron chi connectivity index (χ2n) is 7.08. The van der Waals surface area contributed by atoms with Crippen molar-refractivity contribution in [1.29, 1.82) is 0 Å². The monoisotopic (exact) mass is 418 g/mol. The SMILES string of the molecule is CC[C@H](C(=O)Nc1nc(C)c(-c2nc(-c3ccc(C)cc3)no2)s1)c1ccccc1. The molecule has 0 saturated carbocycles. The molecule has 0 aliphatic carbocycles. The molecule has 6 nitrogen and oxygen atoms in total. The second kappa shape index (κ2) is 8.59. The first kappa shape index (κ1) is 20.0. The number of rotatable bonds is 6. The van der Waals surface area contributed by atoms with E-state index in [-0.39, 0.29) is 11.8 Å². The predicted molar refractivity (Wildman–Crippen MR) is 118 cm³/mol. The van der Waals surface area contributed by atoms with Gasteiger partial charge in [0.25, 0.3) is 5.89 Å². The number of hydrogen-bond donors (Lipinski definition) is 1. The molecule has 4 aromatic rings. The fraction of sp³-hybridized carbons (Fsp3) is 0.217. The number of aromatic nitrogens is 3. The van der Waals surface area contributed by atoms with Gasteiger partial charge in [-0.3, -0.25) is 4.79 Å². The number of thiazole rings is 1. The molecular weight excluding hydrogens is 396 g/mol. The summed E-state index contributed by atoms with van der Waals surface area (Å²) in [5.74, 6) is 0.625. The van der Waals surface area contributed by atoms with E-state index in [4.69, 9.17) is 4.52 Å². The molecule has 2 aromatic carbocycles. The first-order valence-corrected chi connectivity index (χ1v) is 10.6. The quantitative estimate of drug-likeness (QED) is 0.440. The minimum Gasteiger partial charge on any atom is -0.333 e. The van der Waals surface area contributed by atoms with Crippen LogP contribution >= 0.6 is 11.3 Å². The predicted octanol–water partition coefficient (Wildman–Crippen LogP) is 5.61. The highest BCUT2D eigenvalue weighted by atomic mass is 32.1. The summed E-state index contributed by atoms with van der Waals surface area (Å²) < 4.78 is 5.47. The van der Waals surface area contributed by atoms with Gasteiger partial charge in [0.15, 0.2) is 5.13 Å². The molecule has 0 aliphatic rings. The molecule has 2 aromatic heterocycles. The zero-order chi connectivity index (χ0) is 21.1. The molecule has 0 radical (unpaired) electrons. The molecule has 0 fully saturated rings. The maximum absolute atomic E-state index is 12.8. The molecule has 1 atom stereocenters. The van der Waals surface area contributed by atoms with Gasteiger partial charge in [-0.25, -0.2) is 4.98 Å². The Morgan fingerprint density at radius 2 is 1.80 bits per heavy atom. The van der Waals surface area contributed by atoms with E-state index in [1.54, 1.807) is 0 Å². The van der Waals surface area contributed by atoms with Crippen molar-refractivity contribution in [2.45, 2.75) is 33.1 Å². The maximum atomic E-state index is 12.8. The van der Waals surface area contributed by atoms with Crippen molar-refractivity contribution in [3.8, 4) is 22.2 Å². The number of carbonyl (C=O) groups is 1. The largest absolute Gasteiger partial charge is 0.333 e. The molecule has 0 aliphatic heterocycles. The van der Waals surface area contributed by atoms with E-state index in [1.807, 2.05) is 75.4 Å². The maximum Gasteiger partial charge on any atom is 0.270 e. The zero-order valence-electron chi connectivity index (χ0n) is 17.0. The molecule has 0 unspecified atom stereocenters. The van der Waals surface area contributed by atoms with E-state index < -0.39 is 0 Å². The van der Waals surface area contributed by atoms with Gasteiger partial charge in [-0.2, -0.15) is 4.98 Å². The van der Waals surface area contributed by atoms with E-state index in [2.05, 4.69) is 20.4 Å². The van der Waals surface area contributed by atoms with Crippen LogP contribution in [-0.4, -0.2) is 21.0 Å². The van der Waals surface area contributed by atoms with Crippen LogP contribution in [0.4, 0.5) is 5.13 Å². The fourth-order valence-electron chi connectivity index (χ4n) is 3.23. The molecule has 30 heavy (non-hydrogen) atoms. The van der Waals surface area contributed by atoms with Crippen LogP contribution in [0.5, 0.6) is 0 Å². The lowest BCUT2D eigenvalue weighted by Crippen LogP contribution is -2.20. The van der Waals surface area contributed by atoms with Crippen molar-refractivity contribution in [3.63, 3.8) is 0 Å². The van der Waals surface area contributed by atoms with Crippen molar-refractivity contribution in [2.75, 3.05) is 5.32 Å². The van der Waals surface area contributed by atoms with E-state index in [0.29, 0.717) is 23.3 Å². The summed E-state index contributed by atoms with van der Waals surface area (Å²) in [6, 6.07) is 17.7. The normalized spacial score (nSPS) is 12.0. The average Bonchev–Trinajstić information content (AvgIpc) is 3.36. The Morgan fingerprint density at radius 3 is 2.50 bits per heavy atom. The smallest absolute Gasteiger partial charge is 0.270 e. The van der Waals surface area contributed by atoms with Crippen molar-refractivity contribution >= 4 is 22.4 Å². The topological polar surface area (TPSA) is 80.9 Å². The molecular formula is C23H22N4O2S. The van der Waals surface area contributed by atoms with Gasteiger partial charge >= 0.3 is 0 Å². The van der Waals surface area contributed by atoms with Gasteiger partial charge in [0.2, 0.25) is 11.7 Å². The van der Waals surface area contributed by atoms with E-state index >= 15 is 0 Å². The highest BCUT2D eigenvalue weighted by Gasteiger charge is 2.22. The standard InChI is InChI=1S/C23H22N4O2S/c1-4-18(16-8-6-5-7-9-16)21(28)26-23-24-15(3)19(30-23)22-25-20(27-29-22)17-12-10-14(2)11-13-17/h5-13,18H,4H2,1-3H3,(H,24,26,28)/t18-/m0/s1.